The number of hydrogen-bond acceptors (Lipinski definition) is 4. The molecule has 0 fully saturated rings. The molecule has 0 unspecified atom stereocenters. The molecular formula is C24H23N3O3. The summed E-state index contributed by atoms with van der Waals surface area (Å²) in [6.07, 6.45) is 2.91. The fourth-order valence-corrected chi connectivity index (χ4v) is 3.14. The van der Waals surface area contributed by atoms with Gasteiger partial charge in [-0.1, -0.05) is 30.3 Å². The number of carbonyl (C=O) groups is 1. The largest absolute Gasteiger partial charge is 0.339 e. The van der Waals surface area contributed by atoms with Crippen molar-refractivity contribution in [3.63, 3.8) is 0 Å². The molecule has 0 aliphatic carbocycles. The first kappa shape index (κ1) is 20.8. The summed E-state index contributed by atoms with van der Waals surface area (Å²) in [6.45, 7) is 4.25. The molecule has 3 aromatic rings. The lowest BCUT2D eigenvalue weighted by molar-refractivity contribution is -0.384. The smallest absolute Gasteiger partial charge is 0.270 e. The van der Waals surface area contributed by atoms with Crippen LogP contribution in [0.3, 0.4) is 0 Å². The number of nitro groups is 1. The summed E-state index contributed by atoms with van der Waals surface area (Å²) in [4.78, 5) is 24.8. The number of anilines is 3. The molecule has 0 aromatic heterocycles. The Bertz CT molecular complexity index is 1040. The van der Waals surface area contributed by atoms with Gasteiger partial charge >= 0.3 is 0 Å². The average Bonchev–Trinajstić information content (AvgIpc) is 2.74. The van der Waals surface area contributed by atoms with Crippen LogP contribution in [0, 0.1) is 10.1 Å². The molecule has 3 aromatic carbocycles. The summed E-state index contributed by atoms with van der Waals surface area (Å²) in [5.74, 6) is -0.307. The zero-order valence-corrected chi connectivity index (χ0v) is 16.9. The highest BCUT2D eigenvalue weighted by Gasteiger charge is 2.12. The number of hydrogen-bond donors (Lipinski definition) is 1. The summed E-state index contributed by atoms with van der Waals surface area (Å²) < 4.78 is 0. The number of amides is 1. The summed E-state index contributed by atoms with van der Waals surface area (Å²) in [7, 11) is 0. The van der Waals surface area contributed by atoms with E-state index in [1.807, 2.05) is 42.5 Å². The first-order valence-corrected chi connectivity index (χ1v) is 9.62. The van der Waals surface area contributed by atoms with Crippen molar-refractivity contribution in [3.8, 4) is 0 Å². The van der Waals surface area contributed by atoms with E-state index < -0.39 is 4.92 Å². The van der Waals surface area contributed by atoms with Gasteiger partial charge in [0.1, 0.15) is 0 Å². The van der Waals surface area contributed by atoms with Crippen LogP contribution < -0.4 is 10.2 Å². The standard InChI is InChI=1S/C24H23N3O3/c1-18(2)26(21-8-4-3-5-9-21)22-14-12-20(13-15-22)25-24(28)16-11-19-7-6-10-23(17-19)27(29)30/h3-18H,1-2H3,(H,25,28). The van der Waals surface area contributed by atoms with Gasteiger partial charge in [0.2, 0.25) is 5.91 Å². The maximum atomic E-state index is 12.2. The highest BCUT2D eigenvalue weighted by atomic mass is 16.6. The molecule has 0 bridgehead atoms. The minimum Gasteiger partial charge on any atom is -0.339 e. The Morgan fingerprint density at radius 1 is 0.967 bits per heavy atom. The summed E-state index contributed by atoms with van der Waals surface area (Å²) >= 11 is 0. The Hall–Kier alpha value is -3.93. The van der Waals surface area contributed by atoms with Gasteiger partial charge in [-0.2, -0.15) is 0 Å². The second-order valence-corrected chi connectivity index (χ2v) is 7.02. The molecule has 0 heterocycles. The Morgan fingerprint density at radius 3 is 2.27 bits per heavy atom. The number of rotatable bonds is 7. The minimum absolute atomic E-state index is 0.0127. The highest BCUT2D eigenvalue weighted by Crippen LogP contribution is 2.28. The molecule has 3 rings (SSSR count). The third-order valence-corrected chi connectivity index (χ3v) is 4.47. The van der Waals surface area contributed by atoms with Gasteiger partial charge in [-0.3, -0.25) is 14.9 Å². The molecule has 0 aliphatic rings. The maximum absolute atomic E-state index is 12.2. The molecule has 0 spiro atoms. The second kappa shape index (κ2) is 9.52. The molecular weight excluding hydrogens is 378 g/mol. The van der Waals surface area contributed by atoms with Crippen LogP contribution in [-0.4, -0.2) is 16.9 Å². The van der Waals surface area contributed by atoms with Gasteiger partial charge in [0.15, 0.2) is 0 Å². The topological polar surface area (TPSA) is 75.5 Å². The van der Waals surface area contributed by atoms with Crippen molar-refractivity contribution >= 4 is 34.7 Å². The van der Waals surface area contributed by atoms with E-state index in [9.17, 15) is 14.9 Å². The average molecular weight is 401 g/mol. The van der Waals surface area contributed by atoms with Gasteiger partial charge in [0.05, 0.1) is 4.92 Å². The number of nitrogens with one attached hydrogen (secondary N) is 1. The zero-order valence-electron chi connectivity index (χ0n) is 16.9. The molecule has 0 saturated carbocycles. The monoisotopic (exact) mass is 401 g/mol. The van der Waals surface area contributed by atoms with Gasteiger partial charge in [-0.25, -0.2) is 0 Å². The number of benzene rings is 3. The molecule has 6 heteroatoms. The highest BCUT2D eigenvalue weighted by molar-refractivity contribution is 6.02. The lowest BCUT2D eigenvalue weighted by Crippen LogP contribution is -2.25. The third-order valence-electron chi connectivity index (χ3n) is 4.47. The fourth-order valence-electron chi connectivity index (χ4n) is 3.14. The van der Waals surface area contributed by atoms with Gasteiger partial charge in [0.25, 0.3) is 5.69 Å². The number of carbonyl (C=O) groups excluding carboxylic acids is 1. The van der Waals surface area contributed by atoms with Gasteiger partial charge in [-0.15, -0.1) is 0 Å². The molecule has 30 heavy (non-hydrogen) atoms. The number of para-hydroxylation sites is 1. The summed E-state index contributed by atoms with van der Waals surface area (Å²) in [5, 5.41) is 13.6. The van der Waals surface area contributed by atoms with Crippen molar-refractivity contribution in [2.75, 3.05) is 10.2 Å². The van der Waals surface area contributed by atoms with Crippen LogP contribution in [0.1, 0.15) is 19.4 Å². The van der Waals surface area contributed by atoms with Crippen LogP contribution in [0.15, 0.2) is 84.9 Å². The van der Waals surface area contributed by atoms with E-state index in [0.717, 1.165) is 11.4 Å². The van der Waals surface area contributed by atoms with Crippen molar-refractivity contribution in [1.82, 2.24) is 0 Å². The Morgan fingerprint density at radius 2 is 1.63 bits per heavy atom. The molecule has 6 nitrogen and oxygen atoms in total. The molecule has 1 N–H and O–H groups in total. The van der Waals surface area contributed by atoms with Crippen molar-refractivity contribution in [2.45, 2.75) is 19.9 Å². The number of nitro benzene ring substituents is 1. The van der Waals surface area contributed by atoms with Crippen LogP contribution in [-0.2, 0) is 4.79 Å². The molecule has 0 saturated heterocycles. The van der Waals surface area contributed by atoms with E-state index in [-0.39, 0.29) is 17.6 Å². The Kier molecular flexibility index (Phi) is 6.60. The number of non-ortho nitro benzene ring substituents is 1. The lowest BCUT2D eigenvalue weighted by atomic mass is 10.1. The Balaban J connectivity index is 1.68. The van der Waals surface area contributed by atoms with Crippen molar-refractivity contribution in [1.29, 1.82) is 0 Å². The van der Waals surface area contributed by atoms with E-state index in [2.05, 4.69) is 36.2 Å². The quantitative estimate of drug-likeness (QED) is 0.309. The Labute approximate surface area is 175 Å². The second-order valence-electron chi connectivity index (χ2n) is 7.02. The molecule has 0 radical (unpaired) electrons. The van der Waals surface area contributed by atoms with Crippen molar-refractivity contribution in [3.05, 3.63) is 101 Å². The van der Waals surface area contributed by atoms with Crippen LogP contribution >= 0.6 is 0 Å². The van der Waals surface area contributed by atoms with E-state index in [1.165, 1.54) is 18.2 Å². The SMILES string of the molecule is CC(C)N(c1ccccc1)c1ccc(NC(=O)C=Cc2cccc([N+](=O)[O-])c2)cc1. The van der Waals surface area contributed by atoms with Gasteiger partial charge in [-0.05, 0) is 61.9 Å². The van der Waals surface area contributed by atoms with Gasteiger partial charge in [0, 0.05) is 41.3 Å². The molecule has 152 valence electrons. The van der Waals surface area contributed by atoms with E-state index in [0.29, 0.717) is 11.3 Å². The predicted molar refractivity (Wildman–Crippen MR) is 121 cm³/mol. The van der Waals surface area contributed by atoms with E-state index in [1.54, 1.807) is 18.2 Å². The van der Waals surface area contributed by atoms with Crippen LogP contribution in [0.25, 0.3) is 6.08 Å². The maximum Gasteiger partial charge on any atom is 0.270 e. The van der Waals surface area contributed by atoms with Crippen molar-refractivity contribution in [2.24, 2.45) is 0 Å². The third kappa shape index (κ3) is 5.32. The predicted octanol–water partition coefficient (Wildman–Crippen LogP) is 5.79. The van der Waals surface area contributed by atoms with Gasteiger partial charge < -0.3 is 10.2 Å². The summed E-state index contributed by atoms with van der Waals surface area (Å²) in [5.41, 5.74) is 3.38. The summed E-state index contributed by atoms with van der Waals surface area (Å²) in [6, 6.07) is 24.2. The van der Waals surface area contributed by atoms with Crippen LogP contribution in [0.4, 0.5) is 22.7 Å². The number of nitrogens with zero attached hydrogens (tertiary/aromatic N) is 2. The van der Waals surface area contributed by atoms with Crippen LogP contribution in [0.2, 0.25) is 0 Å². The minimum atomic E-state index is -0.463. The first-order valence-electron chi connectivity index (χ1n) is 9.62. The first-order chi connectivity index (χ1) is 14.4. The molecule has 0 aliphatic heterocycles. The van der Waals surface area contributed by atoms with Crippen molar-refractivity contribution < 1.29 is 9.72 Å². The molecule has 0 atom stereocenters. The normalized spacial score (nSPS) is 10.9. The lowest BCUT2D eigenvalue weighted by Gasteiger charge is -2.29. The molecule has 1 amide bonds. The van der Waals surface area contributed by atoms with Crippen LogP contribution in [0.5, 0.6) is 0 Å². The van der Waals surface area contributed by atoms with E-state index >= 15 is 0 Å². The fraction of sp³-hybridized carbons (Fsp3) is 0.125. The zero-order chi connectivity index (χ0) is 21.5. The van der Waals surface area contributed by atoms with E-state index in [4.69, 9.17) is 0 Å².